The van der Waals surface area contributed by atoms with Crippen molar-refractivity contribution in [3.63, 3.8) is 0 Å². The third kappa shape index (κ3) is 2.67. The second kappa shape index (κ2) is 5.26. The molecular formula is C15H25NS. The quantitative estimate of drug-likeness (QED) is 0.745. The Balaban J connectivity index is 1.62. The number of rotatable bonds is 1. The highest BCUT2D eigenvalue weighted by molar-refractivity contribution is 8.02. The average Bonchev–Trinajstić information content (AvgIpc) is 2.39. The molecule has 0 bridgehead atoms. The molecule has 3 rings (SSSR count). The van der Waals surface area contributed by atoms with Crippen molar-refractivity contribution in [1.29, 1.82) is 0 Å². The first kappa shape index (κ1) is 12.0. The molecule has 0 saturated heterocycles. The zero-order chi connectivity index (χ0) is 11.7. The minimum atomic E-state index is 0.785. The van der Waals surface area contributed by atoms with Crippen LogP contribution in [0.15, 0.2) is 11.1 Å². The van der Waals surface area contributed by atoms with Crippen LogP contribution in [0.25, 0.3) is 0 Å². The molecule has 2 heteroatoms. The van der Waals surface area contributed by atoms with Gasteiger partial charge in [-0.3, -0.25) is 0 Å². The van der Waals surface area contributed by atoms with E-state index in [0.29, 0.717) is 0 Å². The maximum Gasteiger partial charge on any atom is 0.0380 e. The largest absolute Gasteiger partial charge is 0.384 e. The second-order valence-corrected chi connectivity index (χ2v) is 7.35. The normalized spacial score (nSPS) is 42.3. The van der Waals surface area contributed by atoms with E-state index in [0.717, 1.165) is 23.1 Å². The van der Waals surface area contributed by atoms with E-state index in [1.807, 2.05) is 0 Å². The Kier molecular flexibility index (Phi) is 3.69. The van der Waals surface area contributed by atoms with E-state index in [1.165, 1.54) is 51.4 Å². The van der Waals surface area contributed by atoms with Gasteiger partial charge in [0.1, 0.15) is 0 Å². The van der Waals surface area contributed by atoms with Crippen LogP contribution in [0.4, 0.5) is 0 Å². The topological polar surface area (TPSA) is 12.0 Å². The predicted molar refractivity (Wildman–Crippen MR) is 76.0 cm³/mol. The highest BCUT2D eigenvalue weighted by Crippen LogP contribution is 2.39. The van der Waals surface area contributed by atoms with Crippen molar-refractivity contribution in [3.8, 4) is 0 Å². The van der Waals surface area contributed by atoms with E-state index < -0.39 is 0 Å². The standard InChI is InChI=1S/C15H25NS/c1-11-6-8-12(9-7-11)14-10-17-15-5-3-2-4-13(15)16-14/h10-13,15-16H,2-9H2,1H3/t11?,12?,13-,15+/m0/s1. The van der Waals surface area contributed by atoms with Crippen LogP contribution in [-0.4, -0.2) is 11.3 Å². The van der Waals surface area contributed by atoms with Crippen molar-refractivity contribution >= 4 is 11.8 Å². The van der Waals surface area contributed by atoms with E-state index in [9.17, 15) is 0 Å². The van der Waals surface area contributed by atoms with Crippen molar-refractivity contribution in [2.24, 2.45) is 11.8 Å². The molecule has 0 spiro atoms. The summed E-state index contributed by atoms with van der Waals surface area (Å²) in [5, 5.41) is 7.22. The molecule has 1 heterocycles. The van der Waals surface area contributed by atoms with E-state index in [-0.39, 0.29) is 0 Å². The van der Waals surface area contributed by atoms with Crippen LogP contribution in [0, 0.1) is 11.8 Å². The predicted octanol–water partition coefficient (Wildman–Crippen LogP) is 4.30. The van der Waals surface area contributed by atoms with Gasteiger partial charge in [-0.1, -0.05) is 32.6 Å². The van der Waals surface area contributed by atoms with E-state index in [2.05, 4.69) is 29.4 Å². The van der Waals surface area contributed by atoms with Gasteiger partial charge in [0.15, 0.2) is 0 Å². The Morgan fingerprint density at radius 3 is 2.65 bits per heavy atom. The second-order valence-electron chi connectivity index (χ2n) is 6.24. The first-order valence-electron chi connectivity index (χ1n) is 7.45. The first-order valence-corrected chi connectivity index (χ1v) is 8.39. The molecule has 3 aliphatic rings. The summed E-state index contributed by atoms with van der Waals surface area (Å²) in [4.78, 5) is 0. The van der Waals surface area contributed by atoms with Crippen molar-refractivity contribution in [2.75, 3.05) is 0 Å². The lowest BCUT2D eigenvalue weighted by Crippen LogP contribution is -2.43. The average molecular weight is 251 g/mol. The summed E-state index contributed by atoms with van der Waals surface area (Å²) in [7, 11) is 0. The van der Waals surface area contributed by atoms with Gasteiger partial charge >= 0.3 is 0 Å². The summed E-state index contributed by atoms with van der Waals surface area (Å²) in [5.41, 5.74) is 1.59. The minimum absolute atomic E-state index is 0.785. The van der Waals surface area contributed by atoms with Crippen LogP contribution in [0.5, 0.6) is 0 Å². The molecule has 1 aliphatic heterocycles. The molecule has 2 atom stereocenters. The molecule has 2 saturated carbocycles. The Morgan fingerprint density at radius 2 is 1.82 bits per heavy atom. The Labute approximate surface area is 110 Å². The molecule has 2 aliphatic carbocycles. The molecule has 96 valence electrons. The smallest absolute Gasteiger partial charge is 0.0380 e. The minimum Gasteiger partial charge on any atom is -0.384 e. The van der Waals surface area contributed by atoms with Crippen LogP contribution in [0.3, 0.4) is 0 Å². The lowest BCUT2D eigenvalue weighted by molar-refractivity contribution is 0.297. The Bertz CT molecular complexity index is 291. The van der Waals surface area contributed by atoms with Crippen LogP contribution >= 0.6 is 11.8 Å². The van der Waals surface area contributed by atoms with Crippen molar-refractivity contribution < 1.29 is 0 Å². The molecule has 0 amide bonds. The van der Waals surface area contributed by atoms with Gasteiger partial charge in [-0.15, -0.1) is 11.8 Å². The van der Waals surface area contributed by atoms with Crippen molar-refractivity contribution in [2.45, 2.75) is 69.6 Å². The first-order chi connectivity index (χ1) is 8.33. The maximum absolute atomic E-state index is 3.88. The molecule has 1 nitrogen and oxygen atoms in total. The van der Waals surface area contributed by atoms with Gasteiger partial charge in [0.25, 0.3) is 0 Å². The molecule has 0 aromatic rings. The third-order valence-corrected chi connectivity index (χ3v) is 6.18. The maximum atomic E-state index is 3.88. The SMILES string of the molecule is CC1CCC(C2=CS[C@@H]3CCCC[C@@H]3N2)CC1. The highest BCUT2D eigenvalue weighted by atomic mass is 32.2. The van der Waals surface area contributed by atoms with E-state index >= 15 is 0 Å². The molecule has 0 radical (unpaired) electrons. The summed E-state index contributed by atoms with van der Waals surface area (Å²) in [5.74, 6) is 1.81. The summed E-state index contributed by atoms with van der Waals surface area (Å²) < 4.78 is 0. The van der Waals surface area contributed by atoms with Crippen LogP contribution in [-0.2, 0) is 0 Å². The molecule has 0 unspecified atom stereocenters. The van der Waals surface area contributed by atoms with E-state index in [1.54, 1.807) is 5.70 Å². The monoisotopic (exact) mass is 251 g/mol. The van der Waals surface area contributed by atoms with Gasteiger partial charge in [0, 0.05) is 17.0 Å². The zero-order valence-electron chi connectivity index (χ0n) is 11.0. The number of hydrogen-bond acceptors (Lipinski definition) is 2. The molecule has 1 N–H and O–H groups in total. The molecule has 2 fully saturated rings. The van der Waals surface area contributed by atoms with Gasteiger partial charge in [-0.2, -0.15) is 0 Å². The Hall–Kier alpha value is -0.110. The fourth-order valence-electron chi connectivity index (χ4n) is 3.62. The number of allylic oxidation sites excluding steroid dienone is 1. The summed E-state index contributed by atoms with van der Waals surface area (Å²) in [6.45, 7) is 2.41. The number of thioether (sulfide) groups is 1. The van der Waals surface area contributed by atoms with Crippen LogP contribution in [0.2, 0.25) is 0 Å². The van der Waals surface area contributed by atoms with Crippen molar-refractivity contribution in [3.05, 3.63) is 11.1 Å². The van der Waals surface area contributed by atoms with Crippen LogP contribution in [0.1, 0.15) is 58.3 Å². The lowest BCUT2D eigenvalue weighted by Gasteiger charge is -2.39. The van der Waals surface area contributed by atoms with Crippen molar-refractivity contribution in [1.82, 2.24) is 5.32 Å². The Morgan fingerprint density at radius 1 is 1.06 bits per heavy atom. The van der Waals surface area contributed by atoms with Gasteiger partial charge in [0.05, 0.1) is 0 Å². The number of fused-ring (bicyclic) bond motifs is 1. The van der Waals surface area contributed by atoms with Gasteiger partial charge in [0.2, 0.25) is 0 Å². The fraction of sp³-hybridized carbons (Fsp3) is 0.867. The van der Waals surface area contributed by atoms with Gasteiger partial charge < -0.3 is 5.32 Å². The third-order valence-electron chi connectivity index (χ3n) is 4.88. The summed E-state index contributed by atoms with van der Waals surface area (Å²) >= 11 is 2.13. The molecule has 17 heavy (non-hydrogen) atoms. The number of hydrogen-bond donors (Lipinski definition) is 1. The number of nitrogens with one attached hydrogen (secondary N) is 1. The highest BCUT2D eigenvalue weighted by Gasteiger charge is 2.31. The van der Waals surface area contributed by atoms with Gasteiger partial charge in [-0.05, 0) is 42.9 Å². The molecular weight excluding hydrogens is 226 g/mol. The molecule has 0 aromatic carbocycles. The summed E-state index contributed by atoms with van der Waals surface area (Å²) in [6.07, 6.45) is 11.4. The molecule has 0 aromatic heterocycles. The lowest BCUT2D eigenvalue weighted by atomic mass is 9.81. The van der Waals surface area contributed by atoms with E-state index in [4.69, 9.17) is 0 Å². The van der Waals surface area contributed by atoms with Crippen LogP contribution < -0.4 is 5.32 Å². The summed E-state index contributed by atoms with van der Waals surface area (Å²) in [6, 6.07) is 0.785. The van der Waals surface area contributed by atoms with Gasteiger partial charge in [-0.25, -0.2) is 0 Å². The zero-order valence-corrected chi connectivity index (χ0v) is 11.8. The fourth-order valence-corrected chi connectivity index (χ4v) is 4.90.